The summed E-state index contributed by atoms with van der Waals surface area (Å²) in [4.78, 5) is 11.1. The van der Waals surface area contributed by atoms with Crippen LogP contribution in [0, 0.1) is 6.92 Å². The number of aryl methyl sites for hydroxylation is 1. The molecule has 0 fully saturated rings. The van der Waals surface area contributed by atoms with Crippen LogP contribution in [0.25, 0.3) is 0 Å². The molecule has 0 aliphatic carbocycles. The van der Waals surface area contributed by atoms with E-state index in [9.17, 15) is 4.79 Å². The molecule has 0 atom stereocenters. The van der Waals surface area contributed by atoms with Crippen LogP contribution in [-0.2, 0) is 29.3 Å². The minimum absolute atomic E-state index is 0.0442. The molecule has 0 spiro atoms. The summed E-state index contributed by atoms with van der Waals surface area (Å²) in [5.41, 5.74) is 7.62. The second-order valence-electron chi connectivity index (χ2n) is 2.96. The molecule has 0 aromatic heterocycles. The maximum absolute atomic E-state index is 11.1. The van der Waals surface area contributed by atoms with Crippen molar-refractivity contribution in [1.29, 1.82) is 0 Å². The van der Waals surface area contributed by atoms with Crippen molar-refractivity contribution in [3.63, 3.8) is 0 Å². The average Bonchev–Trinajstić information content (AvgIpc) is 2.11. The van der Waals surface area contributed by atoms with Crippen LogP contribution in [0.15, 0.2) is 18.2 Å². The number of hydrogen-bond acceptors (Lipinski definition) is 3. The summed E-state index contributed by atoms with van der Waals surface area (Å²) in [5.74, 6) is 0. The number of nitrogen functional groups attached to an aromatic ring is 1. The number of carbonyl (C=O) groups excluding carboxylic acids is 1. The van der Waals surface area contributed by atoms with Crippen LogP contribution < -0.4 is 8.81 Å². The van der Waals surface area contributed by atoms with Gasteiger partial charge in [0.05, 0.1) is 0 Å². The number of anilines is 1. The van der Waals surface area contributed by atoms with Gasteiger partial charge in [0.25, 0.3) is 0 Å². The van der Waals surface area contributed by atoms with Crippen molar-refractivity contribution in [3.05, 3.63) is 23.8 Å². The molecule has 0 heterocycles. The summed E-state index contributed by atoms with van der Waals surface area (Å²) >= 11 is -1.78. The quantitative estimate of drug-likeness (QED) is 0.629. The molecular formula is C9H11HgNO2. The van der Waals surface area contributed by atoms with Crippen LogP contribution in [0.4, 0.5) is 10.5 Å². The van der Waals surface area contributed by atoms with Gasteiger partial charge in [0, 0.05) is 0 Å². The molecule has 1 rings (SSSR count). The van der Waals surface area contributed by atoms with Crippen LogP contribution in [0.2, 0.25) is 0 Å². The van der Waals surface area contributed by atoms with Crippen LogP contribution in [0.1, 0.15) is 5.56 Å². The summed E-state index contributed by atoms with van der Waals surface area (Å²) < 4.78 is 5.66. The number of methoxy groups -OCH3 is 1. The van der Waals surface area contributed by atoms with Gasteiger partial charge in [-0.1, -0.05) is 0 Å². The predicted octanol–water partition coefficient (Wildman–Crippen LogP) is 1.05. The first-order valence-corrected chi connectivity index (χ1v) is 9.55. The van der Waals surface area contributed by atoms with Gasteiger partial charge in [-0.25, -0.2) is 0 Å². The maximum atomic E-state index is 11.1. The van der Waals surface area contributed by atoms with Crippen LogP contribution in [-0.4, -0.2) is 10.6 Å². The van der Waals surface area contributed by atoms with Crippen molar-refractivity contribution in [2.24, 2.45) is 0 Å². The third kappa shape index (κ3) is 2.99. The number of rotatable bonds is 2. The van der Waals surface area contributed by atoms with E-state index in [4.69, 9.17) is 5.73 Å². The first kappa shape index (κ1) is 10.5. The molecule has 2 N–H and O–H groups in total. The van der Waals surface area contributed by atoms with E-state index >= 15 is 0 Å². The summed E-state index contributed by atoms with van der Waals surface area (Å²) in [6, 6.07) is 5.80. The molecular weight excluding hydrogens is 355 g/mol. The molecule has 0 bridgehead atoms. The normalized spacial score (nSPS) is 9.08. The number of ether oxygens (including phenoxy) is 1. The van der Waals surface area contributed by atoms with E-state index in [1.54, 1.807) is 0 Å². The molecule has 66 valence electrons. The Labute approximate surface area is 89.7 Å². The van der Waals surface area contributed by atoms with Crippen molar-refractivity contribution in [2.45, 2.75) is 6.92 Å². The zero-order chi connectivity index (χ0) is 9.84. The predicted molar refractivity (Wildman–Crippen MR) is 47.6 cm³/mol. The number of hydrogen-bond donors (Lipinski definition) is 1. The van der Waals surface area contributed by atoms with Gasteiger partial charge in [-0.3, -0.25) is 0 Å². The van der Waals surface area contributed by atoms with E-state index in [1.807, 2.05) is 25.1 Å². The summed E-state index contributed by atoms with van der Waals surface area (Å²) in [7, 11) is 1.42. The Hall–Kier alpha value is -0.575. The standard InChI is InChI=1S/C7H8N.C2H3O2.Hg/c1-6-2-4-7(8)5-3-6;1-4-2-3;/h2-4H,8H2,1H3;1H3;. The molecule has 4 heteroatoms. The first-order chi connectivity index (χ1) is 6.13. The van der Waals surface area contributed by atoms with Gasteiger partial charge in [-0.15, -0.1) is 0 Å². The number of nitrogens with two attached hydrogens (primary N) is 1. The molecule has 0 amide bonds. The van der Waals surface area contributed by atoms with Crippen molar-refractivity contribution in [3.8, 4) is 0 Å². The molecule has 0 aliphatic heterocycles. The first-order valence-electron chi connectivity index (χ1n) is 4.05. The zero-order valence-electron chi connectivity index (χ0n) is 7.83. The van der Waals surface area contributed by atoms with Gasteiger partial charge in [0.2, 0.25) is 0 Å². The Morgan fingerprint density at radius 1 is 1.54 bits per heavy atom. The van der Waals surface area contributed by atoms with Crippen molar-refractivity contribution >= 4 is 12.2 Å². The molecule has 13 heavy (non-hydrogen) atoms. The fourth-order valence-corrected chi connectivity index (χ4v) is 5.79. The van der Waals surface area contributed by atoms with Gasteiger partial charge in [0.1, 0.15) is 0 Å². The molecule has 0 saturated carbocycles. The van der Waals surface area contributed by atoms with Gasteiger partial charge in [0.15, 0.2) is 0 Å². The van der Waals surface area contributed by atoms with E-state index in [0.717, 1.165) is 14.3 Å². The Kier molecular flexibility index (Phi) is 3.72. The second kappa shape index (κ2) is 4.60. The molecule has 0 unspecified atom stereocenters. The summed E-state index contributed by atoms with van der Waals surface area (Å²) in [6.07, 6.45) is 0. The van der Waals surface area contributed by atoms with Crippen LogP contribution >= 0.6 is 0 Å². The molecule has 0 aliphatic rings. The molecule has 1 aromatic carbocycles. The zero-order valence-corrected chi connectivity index (χ0v) is 13.3. The Bertz CT molecular complexity index is 325. The van der Waals surface area contributed by atoms with E-state index < -0.39 is 24.6 Å². The number of carbonyl (C=O) groups is 1. The molecule has 0 saturated heterocycles. The Balaban J connectivity index is 2.87. The number of benzene rings is 1. The Morgan fingerprint density at radius 3 is 2.85 bits per heavy atom. The van der Waals surface area contributed by atoms with E-state index in [0.29, 0.717) is 0 Å². The fourth-order valence-electron chi connectivity index (χ4n) is 1.12. The monoisotopic (exact) mass is 367 g/mol. The summed E-state index contributed by atoms with van der Waals surface area (Å²) in [5, 5.41) is 0. The minimum atomic E-state index is -1.78. The molecule has 1 aromatic rings. The third-order valence-corrected chi connectivity index (χ3v) is 7.97. The van der Waals surface area contributed by atoms with E-state index in [1.165, 1.54) is 7.11 Å². The van der Waals surface area contributed by atoms with Gasteiger partial charge < -0.3 is 0 Å². The van der Waals surface area contributed by atoms with Crippen LogP contribution in [0.3, 0.4) is 0 Å². The second-order valence-corrected chi connectivity index (χ2v) is 9.54. The van der Waals surface area contributed by atoms with Crippen LogP contribution in [0.5, 0.6) is 0 Å². The fraction of sp³-hybridized carbons (Fsp3) is 0.222. The van der Waals surface area contributed by atoms with Crippen molar-refractivity contribution in [2.75, 3.05) is 12.8 Å². The third-order valence-electron chi connectivity index (χ3n) is 1.86. The van der Waals surface area contributed by atoms with Gasteiger partial charge in [-0.2, -0.15) is 0 Å². The summed E-state index contributed by atoms with van der Waals surface area (Å²) in [6.45, 7) is 1.99. The molecule has 0 radical (unpaired) electrons. The SMILES string of the molecule is CO[C](=O)[Hg][c]1cc(C)ccc1N. The van der Waals surface area contributed by atoms with E-state index in [-0.39, 0.29) is 3.48 Å². The van der Waals surface area contributed by atoms with Gasteiger partial charge >= 0.3 is 89.9 Å². The van der Waals surface area contributed by atoms with Gasteiger partial charge in [-0.05, 0) is 0 Å². The Morgan fingerprint density at radius 2 is 2.23 bits per heavy atom. The molecule has 3 nitrogen and oxygen atoms in total. The van der Waals surface area contributed by atoms with Crippen molar-refractivity contribution in [1.82, 2.24) is 0 Å². The topological polar surface area (TPSA) is 52.3 Å². The average molecular weight is 366 g/mol. The van der Waals surface area contributed by atoms with Crippen molar-refractivity contribution < 1.29 is 34.1 Å². The van der Waals surface area contributed by atoms with E-state index in [2.05, 4.69) is 4.74 Å².